The zero-order valence-electron chi connectivity index (χ0n) is 17.9. The molecule has 2 heterocycles. The summed E-state index contributed by atoms with van der Waals surface area (Å²) in [6.45, 7) is 9.31. The minimum Gasteiger partial charge on any atom is -0.462 e. The van der Waals surface area contributed by atoms with E-state index in [4.69, 9.17) is 16.3 Å². The Balaban J connectivity index is 1.91. The van der Waals surface area contributed by atoms with Gasteiger partial charge < -0.3 is 9.64 Å². The summed E-state index contributed by atoms with van der Waals surface area (Å²) in [6, 6.07) is 3.81. The number of anilines is 1. The van der Waals surface area contributed by atoms with Gasteiger partial charge in [0, 0.05) is 23.3 Å². The van der Waals surface area contributed by atoms with E-state index in [1.165, 1.54) is 0 Å². The SMILES string of the molecule is CC1=CC(C)(C)N(C)c2cc(Cl)c(/C=C3\SC(=O)N(CC(=O)OC(C)C)C3=O)cc21. The van der Waals surface area contributed by atoms with Gasteiger partial charge in [-0.15, -0.1) is 0 Å². The lowest BCUT2D eigenvalue weighted by Gasteiger charge is -2.40. The van der Waals surface area contributed by atoms with Crippen LogP contribution in [0.1, 0.15) is 45.7 Å². The number of likely N-dealkylation sites (N-methyl/N-ethyl adjacent to an activating group) is 1. The molecule has 0 spiro atoms. The van der Waals surface area contributed by atoms with Crippen LogP contribution in [-0.4, -0.2) is 47.3 Å². The Morgan fingerprint density at radius 1 is 1.30 bits per heavy atom. The van der Waals surface area contributed by atoms with Crippen molar-refractivity contribution < 1.29 is 19.1 Å². The highest BCUT2D eigenvalue weighted by molar-refractivity contribution is 8.18. The molecule has 0 aliphatic carbocycles. The lowest BCUT2D eigenvalue weighted by Crippen LogP contribution is -2.42. The van der Waals surface area contributed by atoms with Gasteiger partial charge in [0.1, 0.15) is 6.54 Å². The molecule has 0 unspecified atom stereocenters. The predicted octanol–water partition coefficient (Wildman–Crippen LogP) is 4.96. The summed E-state index contributed by atoms with van der Waals surface area (Å²) in [7, 11) is 2.01. The van der Waals surface area contributed by atoms with Gasteiger partial charge in [-0.05, 0) is 75.7 Å². The van der Waals surface area contributed by atoms with Gasteiger partial charge in [-0.2, -0.15) is 0 Å². The van der Waals surface area contributed by atoms with Crippen molar-refractivity contribution in [1.29, 1.82) is 0 Å². The molecule has 2 aliphatic rings. The molecule has 6 nitrogen and oxygen atoms in total. The second-order valence-electron chi connectivity index (χ2n) is 8.24. The van der Waals surface area contributed by atoms with Crippen LogP contribution in [0.25, 0.3) is 11.6 Å². The van der Waals surface area contributed by atoms with Crippen molar-refractivity contribution in [2.24, 2.45) is 0 Å². The minimum absolute atomic E-state index is 0.144. The van der Waals surface area contributed by atoms with Crippen LogP contribution in [0, 0.1) is 0 Å². The molecule has 0 radical (unpaired) electrons. The predicted molar refractivity (Wildman–Crippen MR) is 121 cm³/mol. The topological polar surface area (TPSA) is 66.9 Å². The van der Waals surface area contributed by atoms with Gasteiger partial charge >= 0.3 is 5.97 Å². The second-order valence-corrected chi connectivity index (χ2v) is 9.64. The van der Waals surface area contributed by atoms with Gasteiger partial charge in [0.25, 0.3) is 11.1 Å². The molecule has 1 aromatic rings. The molecule has 0 atom stereocenters. The maximum Gasteiger partial charge on any atom is 0.326 e. The normalized spacial score (nSPS) is 19.5. The first kappa shape index (κ1) is 22.4. The maximum atomic E-state index is 12.7. The number of thioether (sulfide) groups is 1. The largest absolute Gasteiger partial charge is 0.462 e. The number of ether oxygens (including phenoxy) is 1. The second kappa shape index (κ2) is 8.12. The standard InChI is InChI=1S/C22H25ClN2O4S/c1-12(2)29-19(26)11-25-20(27)18(30-21(25)28)8-14-7-15-13(3)10-22(4,5)24(6)17(15)9-16(14)23/h7-10,12H,11H2,1-6H3/b18-8-. The molecule has 0 N–H and O–H groups in total. The average molecular weight is 449 g/mol. The molecule has 3 rings (SSSR count). The van der Waals surface area contributed by atoms with Crippen molar-refractivity contribution in [1.82, 2.24) is 4.90 Å². The number of rotatable bonds is 4. The van der Waals surface area contributed by atoms with Crippen LogP contribution < -0.4 is 4.90 Å². The fourth-order valence-electron chi connectivity index (χ4n) is 3.51. The number of hydrogen-bond donors (Lipinski definition) is 0. The molecule has 0 saturated carbocycles. The third kappa shape index (κ3) is 4.27. The zero-order chi connectivity index (χ0) is 22.4. The summed E-state index contributed by atoms with van der Waals surface area (Å²) in [6.07, 6.45) is 3.47. The quantitative estimate of drug-likeness (QED) is 0.479. The van der Waals surface area contributed by atoms with E-state index < -0.39 is 23.7 Å². The van der Waals surface area contributed by atoms with Gasteiger partial charge in [-0.1, -0.05) is 17.7 Å². The Bertz CT molecular complexity index is 997. The first-order valence-corrected chi connectivity index (χ1v) is 10.8. The van der Waals surface area contributed by atoms with Crippen LogP contribution in [-0.2, 0) is 14.3 Å². The molecular formula is C22H25ClN2O4S. The number of allylic oxidation sites excluding steroid dienone is 1. The molecular weight excluding hydrogens is 424 g/mol. The van der Waals surface area contributed by atoms with E-state index in [1.807, 2.05) is 26.1 Å². The third-order valence-corrected chi connectivity index (χ3v) is 6.38. The maximum absolute atomic E-state index is 12.7. The highest BCUT2D eigenvalue weighted by Crippen LogP contribution is 2.42. The lowest BCUT2D eigenvalue weighted by molar-refractivity contribution is -0.149. The summed E-state index contributed by atoms with van der Waals surface area (Å²) in [5, 5.41) is -0.0179. The number of halogens is 1. The van der Waals surface area contributed by atoms with Gasteiger partial charge in [-0.3, -0.25) is 19.3 Å². The summed E-state index contributed by atoms with van der Waals surface area (Å²) in [5.74, 6) is -1.14. The number of carbonyl (C=O) groups is 3. The summed E-state index contributed by atoms with van der Waals surface area (Å²) < 4.78 is 5.04. The zero-order valence-corrected chi connectivity index (χ0v) is 19.5. The van der Waals surface area contributed by atoms with Crippen LogP contribution in [0.5, 0.6) is 0 Å². The summed E-state index contributed by atoms with van der Waals surface area (Å²) >= 11 is 7.32. The molecule has 0 bridgehead atoms. The Labute approximate surface area is 185 Å². The Morgan fingerprint density at radius 3 is 2.60 bits per heavy atom. The van der Waals surface area contributed by atoms with E-state index in [2.05, 4.69) is 24.8 Å². The van der Waals surface area contributed by atoms with E-state index in [0.29, 0.717) is 10.6 Å². The molecule has 30 heavy (non-hydrogen) atoms. The monoisotopic (exact) mass is 448 g/mol. The molecule has 8 heteroatoms. The molecule has 1 saturated heterocycles. The van der Waals surface area contributed by atoms with Crippen molar-refractivity contribution in [3.63, 3.8) is 0 Å². The summed E-state index contributed by atoms with van der Waals surface area (Å²) in [4.78, 5) is 40.1. The molecule has 2 amide bonds. The fraction of sp³-hybridized carbons (Fsp3) is 0.409. The molecule has 0 aromatic heterocycles. The van der Waals surface area contributed by atoms with E-state index in [9.17, 15) is 14.4 Å². The van der Waals surface area contributed by atoms with E-state index >= 15 is 0 Å². The van der Waals surface area contributed by atoms with Crippen molar-refractivity contribution in [2.45, 2.75) is 46.3 Å². The van der Waals surface area contributed by atoms with Gasteiger partial charge in [-0.25, -0.2) is 0 Å². The van der Waals surface area contributed by atoms with Crippen LogP contribution in [0.2, 0.25) is 5.02 Å². The van der Waals surface area contributed by atoms with E-state index in [0.717, 1.165) is 33.5 Å². The highest BCUT2D eigenvalue weighted by Gasteiger charge is 2.37. The number of nitrogens with zero attached hydrogens (tertiary/aromatic N) is 2. The molecule has 2 aliphatic heterocycles. The van der Waals surface area contributed by atoms with E-state index in [1.54, 1.807) is 19.9 Å². The lowest BCUT2D eigenvalue weighted by atomic mass is 9.88. The summed E-state index contributed by atoms with van der Waals surface area (Å²) in [5.41, 5.74) is 3.64. The number of esters is 1. The minimum atomic E-state index is -0.619. The smallest absolute Gasteiger partial charge is 0.326 e. The highest BCUT2D eigenvalue weighted by atomic mass is 35.5. The fourth-order valence-corrected chi connectivity index (χ4v) is 4.55. The third-order valence-electron chi connectivity index (χ3n) is 5.15. The van der Waals surface area contributed by atoms with Gasteiger partial charge in [0.2, 0.25) is 0 Å². The number of amides is 2. The Morgan fingerprint density at radius 2 is 1.97 bits per heavy atom. The first-order chi connectivity index (χ1) is 13.9. The van der Waals surface area contributed by atoms with Crippen LogP contribution in [0.15, 0.2) is 23.1 Å². The van der Waals surface area contributed by atoms with Gasteiger partial charge in [0.15, 0.2) is 0 Å². The van der Waals surface area contributed by atoms with Crippen molar-refractivity contribution >= 4 is 57.8 Å². The van der Waals surface area contributed by atoms with Crippen LogP contribution >= 0.6 is 23.4 Å². The Hall–Kier alpha value is -2.25. The van der Waals surface area contributed by atoms with Crippen molar-refractivity contribution in [3.8, 4) is 0 Å². The van der Waals surface area contributed by atoms with Gasteiger partial charge in [0.05, 0.1) is 16.5 Å². The number of benzene rings is 1. The molecule has 1 aromatic carbocycles. The Kier molecular flexibility index (Phi) is 6.07. The average Bonchev–Trinajstić information content (AvgIpc) is 2.87. The first-order valence-electron chi connectivity index (χ1n) is 9.62. The van der Waals surface area contributed by atoms with Crippen LogP contribution in [0.4, 0.5) is 10.5 Å². The number of imide groups is 1. The van der Waals surface area contributed by atoms with Crippen molar-refractivity contribution in [2.75, 3.05) is 18.5 Å². The van der Waals surface area contributed by atoms with Crippen LogP contribution in [0.3, 0.4) is 0 Å². The number of fused-ring (bicyclic) bond motifs is 1. The number of hydrogen-bond acceptors (Lipinski definition) is 6. The van der Waals surface area contributed by atoms with Crippen molar-refractivity contribution in [3.05, 3.63) is 39.3 Å². The van der Waals surface area contributed by atoms with E-state index in [-0.39, 0.29) is 16.5 Å². The molecule has 160 valence electrons. The number of carbonyl (C=O) groups excluding carboxylic acids is 3. The molecule has 1 fully saturated rings.